The molecule has 2 N–H and O–H groups in total. The van der Waals surface area contributed by atoms with Crippen molar-refractivity contribution in [1.82, 2.24) is 0 Å². The maximum Gasteiger partial charge on any atom is 0.289 e. The molecule has 2 aliphatic rings. The Labute approximate surface area is 141 Å². The van der Waals surface area contributed by atoms with Gasteiger partial charge in [-0.15, -0.1) is 0 Å². The Kier molecular flexibility index (Phi) is 3.96. The molecule has 1 spiro atoms. The van der Waals surface area contributed by atoms with Crippen LogP contribution in [0.15, 0.2) is 48.5 Å². The average molecular weight is 324 g/mol. The van der Waals surface area contributed by atoms with Gasteiger partial charge in [0.2, 0.25) is 0 Å². The van der Waals surface area contributed by atoms with E-state index in [1.165, 1.54) is 5.56 Å². The first kappa shape index (κ1) is 15.2. The number of hydrogen-bond donors (Lipinski definition) is 2. The number of carbonyl (C=O) groups excluding carboxylic acids is 1. The number of hydrogen-bond acceptors (Lipinski definition) is 4. The van der Waals surface area contributed by atoms with Crippen LogP contribution >= 0.6 is 0 Å². The van der Waals surface area contributed by atoms with Gasteiger partial charge in [0.15, 0.2) is 0 Å². The van der Waals surface area contributed by atoms with Gasteiger partial charge >= 0.3 is 0 Å². The molecule has 5 heteroatoms. The molecule has 0 aromatic heterocycles. The van der Waals surface area contributed by atoms with E-state index in [-0.39, 0.29) is 5.91 Å². The Bertz CT molecular complexity index is 740. The second kappa shape index (κ2) is 6.26. The molecule has 2 aliphatic heterocycles. The van der Waals surface area contributed by atoms with Gasteiger partial charge in [-0.25, -0.2) is 0 Å². The van der Waals surface area contributed by atoms with Crippen LogP contribution in [0, 0.1) is 0 Å². The van der Waals surface area contributed by atoms with Crippen LogP contribution in [0.5, 0.6) is 0 Å². The van der Waals surface area contributed by atoms with E-state index in [1.54, 1.807) is 0 Å². The lowest BCUT2D eigenvalue weighted by Crippen LogP contribution is -2.35. The lowest BCUT2D eigenvalue weighted by atomic mass is 10.1. The number of ether oxygens (including phenoxy) is 2. The van der Waals surface area contributed by atoms with Gasteiger partial charge in [0.05, 0.1) is 18.9 Å². The molecule has 4 rings (SSSR count). The highest BCUT2D eigenvalue weighted by atomic mass is 16.7. The summed E-state index contributed by atoms with van der Waals surface area (Å²) in [5, 5.41) is 6.25. The monoisotopic (exact) mass is 324 g/mol. The number of anilines is 2. The topological polar surface area (TPSA) is 59.6 Å². The third-order valence-corrected chi connectivity index (χ3v) is 4.43. The molecule has 0 radical (unpaired) electrons. The molecule has 124 valence electrons. The quantitative estimate of drug-likeness (QED) is 0.830. The zero-order valence-electron chi connectivity index (χ0n) is 13.4. The Morgan fingerprint density at radius 2 is 1.88 bits per heavy atom. The highest BCUT2D eigenvalue weighted by Gasteiger charge is 2.52. The molecular formula is C19H20N2O3. The summed E-state index contributed by atoms with van der Waals surface area (Å²) in [6.45, 7) is 1.73. The minimum atomic E-state index is -1.25. The zero-order valence-corrected chi connectivity index (χ0v) is 13.4. The summed E-state index contributed by atoms with van der Waals surface area (Å²) in [4.78, 5) is 12.2. The normalized spacial score (nSPS) is 17.8. The second-order valence-electron chi connectivity index (χ2n) is 6.04. The van der Waals surface area contributed by atoms with Crippen LogP contribution in [0.25, 0.3) is 0 Å². The Balaban J connectivity index is 1.41. The lowest BCUT2D eigenvalue weighted by molar-refractivity contribution is -0.178. The first-order valence-electron chi connectivity index (χ1n) is 8.30. The van der Waals surface area contributed by atoms with Crippen LogP contribution in [0.1, 0.15) is 17.5 Å². The van der Waals surface area contributed by atoms with Crippen molar-refractivity contribution < 1.29 is 14.3 Å². The van der Waals surface area contributed by atoms with Gasteiger partial charge in [0.25, 0.3) is 11.7 Å². The van der Waals surface area contributed by atoms with Crippen molar-refractivity contribution in [3.8, 4) is 0 Å². The number of fused-ring (bicyclic) bond motifs is 2. The van der Waals surface area contributed by atoms with E-state index in [0.717, 1.165) is 36.3 Å². The van der Waals surface area contributed by atoms with Gasteiger partial charge in [0, 0.05) is 17.8 Å². The van der Waals surface area contributed by atoms with E-state index in [1.807, 2.05) is 24.3 Å². The molecule has 2 aromatic rings. The van der Waals surface area contributed by atoms with Crippen LogP contribution in [0.3, 0.4) is 0 Å². The summed E-state index contributed by atoms with van der Waals surface area (Å²) in [5.74, 6) is -1.49. The van der Waals surface area contributed by atoms with Crippen molar-refractivity contribution in [2.24, 2.45) is 0 Å². The van der Waals surface area contributed by atoms with E-state index < -0.39 is 5.79 Å². The van der Waals surface area contributed by atoms with Crippen LogP contribution < -0.4 is 10.6 Å². The molecule has 0 unspecified atom stereocenters. The predicted molar refractivity (Wildman–Crippen MR) is 91.9 cm³/mol. The van der Waals surface area contributed by atoms with E-state index in [0.29, 0.717) is 13.2 Å². The van der Waals surface area contributed by atoms with Gasteiger partial charge in [-0.3, -0.25) is 4.79 Å². The number of aryl methyl sites for hydroxylation is 1. The molecule has 2 aromatic carbocycles. The number of carbonyl (C=O) groups is 1. The third-order valence-electron chi connectivity index (χ3n) is 4.43. The van der Waals surface area contributed by atoms with Crippen molar-refractivity contribution in [3.05, 3.63) is 59.7 Å². The third kappa shape index (κ3) is 2.66. The molecule has 1 fully saturated rings. The van der Waals surface area contributed by atoms with Crippen molar-refractivity contribution in [1.29, 1.82) is 0 Å². The lowest BCUT2D eigenvalue weighted by Gasteiger charge is -2.19. The fourth-order valence-corrected chi connectivity index (χ4v) is 3.23. The van der Waals surface area contributed by atoms with Crippen molar-refractivity contribution in [3.63, 3.8) is 0 Å². The minimum Gasteiger partial charge on any atom is -0.385 e. The van der Waals surface area contributed by atoms with Gasteiger partial charge < -0.3 is 20.1 Å². The summed E-state index contributed by atoms with van der Waals surface area (Å²) in [6.07, 6.45) is 2.07. The number of rotatable bonds is 5. The molecule has 0 saturated carbocycles. The van der Waals surface area contributed by atoms with E-state index >= 15 is 0 Å². The molecule has 24 heavy (non-hydrogen) atoms. The molecule has 0 atom stereocenters. The maximum absolute atomic E-state index is 12.2. The highest BCUT2D eigenvalue weighted by molar-refractivity contribution is 6.04. The predicted octanol–water partition coefficient (Wildman–Crippen LogP) is 2.88. The summed E-state index contributed by atoms with van der Waals surface area (Å²) < 4.78 is 11.2. The Morgan fingerprint density at radius 1 is 1.08 bits per heavy atom. The highest BCUT2D eigenvalue weighted by Crippen LogP contribution is 2.43. The standard InChI is InChI=1S/C19H20N2O3/c22-18-19(23-11-12-24-19)16-13-15(8-9-17(16)21-18)20-10-4-7-14-5-2-1-3-6-14/h1-3,5-6,8-9,13,20H,4,7,10-12H2,(H,21,22). The summed E-state index contributed by atoms with van der Waals surface area (Å²) in [6, 6.07) is 16.3. The summed E-state index contributed by atoms with van der Waals surface area (Å²) >= 11 is 0. The average Bonchev–Trinajstić information content (AvgIpc) is 3.21. The molecule has 0 aliphatic carbocycles. The molecule has 1 saturated heterocycles. The fraction of sp³-hybridized carbons (Fsp3) is 0.316. The van der Waals surface area contributed by atoms with E-state index in [9.17, 15) is 4.79 Å². The number of benzene rings is 2. The largest absolute Gasteiger partial charge is 0.385 e. The Morgan fingerprint density at radius 3 is 2.67 bits per heavy atom. The van der Waals surface area contributed by atoms with Crippen LogP contribution in [-0.2, 0) is 26.5 Å². The second-order valence-corrected chi connectivity index (χ2v) is 6.04. The van der Waals surface area contributed by atoms with Gasteiger partial charge in [-0.2, -0.15) is 0 Å². The maximum atomic E-state index is 12.2. The van der Waals surface area contributed by atoms with Crippen LogP contribution in [0.4, 0.5) is 11.4 Å². The van der Waals surface area contributed by atoms with Crippen molar-refractivity contribution in [2.45, 2.75) is 18.6 Å². The van der Waals surface area contributed by atoms with Crippen LogP contribution in [-0.4, -0.2) is 25.7 Å². The Hall–Kier alpha value is -2.37. The van der Waals surface area contributed by atoms with Gasteiger partial charge in [-0.1, -0.05) is 30.3 Å². The van der Waals surface area contributed by atoms with Gasteiger partial charge in [0.1, 0.15) is 0 Å². The summed E-state index contributed by atoms with van der Waals surface area (Å²) in [5.41, 5.74) is 3.83. The zero-order chi connectivity index (χ0) is 16.4. The van der Waals surface area contributed by atoms with Gasteiger partial charge in [-0.05, 0) is 36.6 Å². The number of amides is 1. The van der Waals surface area contributed by atoms with Crippen LogP contribution in [0.2, 0.25) is 0 Å². The first-order valence-corrected chi connectivity index (χ1v) is 8.30. The molecule has 5 nitrogen and oxygen atoms in total. The molecule has 1 amide bonds. The molecule has 0 bridgehead atoms. The molecule has 2 heterocycles. The van der Waals surface area contributed by atoms with Crippen molar-refractivity contribution in [2.75, 3.05) is 30.4 Å². The van der Waals surface area contributed by atoms with E-state index in [4.69, 9.17) is 9.47 Å². The van der Waals surface area contributed by atoms with Crippen molar-refractivity contribution >= 4 is 17.3 Å². The fourth-order valence-electron chi connectivity index (χ4n) is 3.23. The molecular weight excluding hydrogens is 304 g/mol. The smallest absolute Gasteiger partial charge is 0.289 e. The minimum absolute atomic E-state index is 0.240. The summed E-state index contributed by atoms with van der Waals surface area (Å²) in [7, 11) is 0. The van der Waals surface area contributed by atoms with E-state index in [2.05, 4.69) is 34.9 Å². The number of nitrogens with one attached hydrogen (secondary N) is 2. The first-order chi connectivity index (χ1) is 11.8. The SMILES string of the molecule is O=C1Nc2ccc(NCCCc3ccccc3)cc2C12OCCO2.